The van der Waals surface area contributed by atoms with E-state index in [1.165, 1.54) is 38.5 Å². The molecule has 0 spiro atoms. The van der Waals surface area contributed by atoms with Crippen LogP contribution in [0.25, 0.3) is 0 Å². The molecule has 1 aliphatic rings. The minimum absolute atomic E-state index is 0. The number of hydrogen-bond acceptors (Lipinski definition) is 4. The van der Waals surface area contributed by atoms with Gasteiger partial charge < -0.3 is 24.6 Å². The molecule has 0 bridgehead atoms. The van der Waals surface area contributed by atoms with E-state index in [-0.39, 0.29) is 24.6 Å². The van der Waals surface area contributed by atoms with Gasteiger partial charge in [-0.05, 0) is 0 Å². The van der Waals surface area contributed by atoms with Gasteiger partial charge in [0.1, 0.15) is 0 Å². The smallest absolute Gasteiger partial charge is 0.0533 e. The second-order valence-corrected chi connectivity index (χ2v) is 2.12. The maximum atomic E-state index is 3.00. The Bertz CT molecular complexity index is 34.8. The Kier molecular flexibility index (Phi) is 77.8. The molecule has 0 heterocycles. The van der Waals surface area contributed by atoms with Crippen LogP contribution in [0.2, 0.25) is 0 Å². The predicted molar refractivity (Wildman–Crippen MR) is 59.0 cm³/mol. The van der Waals surface area contributed by atoms with Crippen LogP contribution in [0, 0.1) is 0 Å². The summed E-state index contributed by atoms with van der Waals surface area (Å²) in [5.41, 5.74) is 0. The van der Waals surface area contributed by atoms with Gasteiger partial charge in [-0.25, -0.2) is 0 Å². The Balaban J connectivity index is -0.0000000257. The normalized spacial score (nSPS) is 12.3. The Hall–Kier alpha value is -0.420. The van der Waals surface area contributed by atoms with Crippen LogP contribution < -0.4 is 24.6 Å². The van der Waals surface area contributed by atoms with Crippen LogP contribution in [0.1, 0.15) is 38.5 Å². The Morgan fingerprint density at radius 3 is 0.583 bits per heavy atom. The van der Waals surface area contributed by atoms with Crippen molar-refractivity contribution in [2.45, 2.75) is 38.5 Å². The molecule has 0 aliphatic heterocycles. The Morgan fingerprint density at radius 1 is 0.417 bits per heavy atom. The standard InChI is InChI=1S/C6H12.C2H4.4H3N/c1-2-4-6-5-3-1;1-2;;;;/h1-6H2;1-2H2;4*1H3. The van der Waals surface area contributed by atoms with Gasteiger partial charge in [-0.1, -0.05) is 38.5 Å². The number of hydrogen-bond donors (Lipinski definition) is 4. The third kappa shape index (κ3) is 22.7. The molecule has 0 aromatic carbocycles. The molecule has 0 aromatic rings. The second-order valence-electron chi connectivity index (χ2n) is 2.12. The lowest BCUT2D eigenvalue weighted by Gasteiger charge is -2.05. The lowest BCUT2D eigenvalue weighted by Crippen LogP contribution is -1.85. The minimum Gasteiger partial charge on any atom is -0.344 e. The van der Waals surface area contributed by atoms with E-state index in [1.807, 2.05) is 0 Å². The molecule has 0 saturated heterocycles. The summed E-state index contributed by atoms with van der Waals surface area (Å²) < 4.78 is 0. The minimum atomic E-state index is 0. The summed E-state index contributed by atoms with van der Waals surface area (Å²) in [4.78, 5) is 0. The third-order valence-electron chi connectivity index (χ3n) is 1.50. The van der Waals surface area contributed by atoms with Crippen LogP contribution in [0.5, 0.6) is 0 Å². The molecule has 0 aromatic heterocycles. The van der Waals surface area contributed by atoms with Crippen LogP contribution in [-0.4, -0.2) is 0 Å². The Morgan fingerprint density at radius 2 is 0.500 bits per heavy atom. The highest BCUT2D eigenvalue weighted by atomic mass is 14.0. The summed E-state index contributed by atoms with van der Waals surface area (Å²) in [6, 6.07) is 0. The average Bonchev–Trinajstić information content (AvgIpc) is 1.96. The van der Waals surface area contributed by atoms with Crippen LogP contribution >= 0.6 is 0 Å². The summed E-state index contributed by atoms with van der Waals surface area (Å²) in [5, 5.41) is 0. The molecule has 1 fully saturated rings. The molecule has 1 aliphatic carbocycles. The van der Waals surface area contributed by atoms with Gasteiger partial charge in [-0.2, -0.15) is 0 Å². The SMILES string of the molecule is C1CCCCC1.C=C.N.N.N.N. The molecule has 0 amide bonds. The summed E-state index contributed by atoms with van der Waals surface area (Å²) in [7, 11) is 0. The summed E-state index contributed by atoms with van der Waals surface area (Å²) in [5.74, 6) is 0. The van der Waals surface area contributed by atoms with Crippen molar-refractivity contribution in [3.05, 3.63) is 13.2 Å². The maximum Gasteiger partial charge on any atom is -0.0533 e. The molecule has 80 valence electrons. The van der Waals surface area contributed by atoms with Gasteiger partial charge in [0, 0.05) is 0 Å². The van der Waals surface area contributed by atoms with Gasteiger partial charge in [0.15, 0.2) is 0 Å². The summed E-state index contributed by atoms with van der Waals surface area (Å²) in [6.07, 6.45) is 9.00. The van der Waals surface area contributed by atoms with Crippen LogP contribution in [0.15, 0.2) is 13.2 Å². The molecule has 1 rings (SSSR count). The molecule has 0 atom stereocenters. The van der Waals surface area contributed by atoms with E-state index >= 15 is 0 Å². The molecule has 0 radical (unpaired) electrons. The summed E-state index contributed by atoms with van der Waals surface area (Å²) in [6.45, 7) is 6.00. The van der Waals surface area contributed by atoms with Crippen LogP contribution in [-0.2, 0) is 0 Å². The first kappa shape index (κ1) is 29.9. The van der Waals surface area contributed by atoms with Crippen LogP contribution in [0.3, 0.4) is 0 Å². The lowest BCUT2D eigenvalue weighted by molar-refractivity contribution is 0.504. The van der Waals surface area contributed by atoms with Gasteiger partial charge in [0.05, 0.1) is 0 Å². The quantitative estimate of drug-likeness (QED) is 0.421. The van der Waals surface area contributed by atoms with Crippen molar-refractivity contribution >= 4 is 0 Å². The van der Waals surface area contributed by atoms with E-state index in [1.54, 1.807) is 0 Å². The first-order chi connectivity index (χ1) is 4.00. The van der Waals surface area contributed by atoms with Crippen molar-refractivity contribution in [2.24, 2.45) is 0 Å². The average molecular weight is 180 g/mol. The highest BCUT2D eigenvalue weighted by Gasteiger charge is 1.95. The maximum absolute atomic E-state index is 3.00. The van der Waals surface area contributed by atoms with Crippen molar-refractivity contribution in [1.29, 1.82) is 0 Å². The van der Waals surface area contributed by atoms with E-state index < -0.39 is 0 Å². The zero-order valence-electron chi connectivity index (χ0n) is 8.49. The number of rotatable bonds is 0. The fourth-order valence-electron chi connectivity index (χ4n) is 1.06. The van der Waals surface area contributed by atoms with Crippen molar-refractivity contribution < 1.29 is 0 Å². The van der Waals surface area contributed by atoms with Crippen LogP contribution in [0.4, 0.5) is 0 Å². The predicted octanol–water partition coefficient (Wildman–Crippen LogP) is 3.79. The van der Waals surface area contributed by atoms with E-state index in [4.69, 9.17) is 0 Å². The monoisotopic (exact) mass is 180 g/mol. The molecule has 0 unspecified atom stereocenters. The molecule has 4 heteroatoms. The molecule has 1 saturated carbocycles. The van der Waals surface area contributed by atoms with Crippen molar-refractivity contribution in [1.82, 2.24) is 24.6 Å². The van der Waals surface area contributed by atoms with E-state index in [0.29, 0.717) is 0 Å². The van der Waals surface area contributed by atoms with Gasteiger partial charge in [-0.3, -0.25) is 0 Å². The Labute approximate surface area is 77.1 Å². The third-order valence-corrected chi connectivity index (χ3v) is 1.50. The molecular weight excluding hydrogens is 152 g/mol. The zero-order valence-corrected chi connectivity index (χ0v) is 8.49. The van der Waals surface area contributed by atoms with Crippen molar-refractivity contribution in [3.63, 3.8) is 0 Å². The molecule has 4 nitrogen and oxygen atoms in total. The van der Waals surface area contributed by atoms with Gasteiger partial charge in [0.25, 0.3) is 0 Å². The van der Waals surface area contributed by atoms with Crippen molar-refractivity contribution in [2.75, 3.05) is 0 Å². The van der Waals surface area contributed by atoms with Gasteiger partial charge in [0.2, 0.25) is 0 Å². The van der Waals surface area contributed by atoms with Gasteiger partial charge >= 0.3 is 0 Å². The zero-order chi connectivity index (χ0) is 6.24. The fourth-order valence-corrected chi connectivity index (χ4v) is 1.06. The highest BCUT2D eigenvalue weighted by Crippen LogP contribution is 2.15. The largest absolute Gasteiger partial charge is 0.344 e. The van der Waals surface area contributed by atoms with E-state index in [0.717, 1.165) is 0 Å². The molecule has 12 heavy (non-hydrogen) atoms. The second kappa shape index (κ2) is 31.2. The first-order valence-corrected chi connectivity index (χ1v) is 3.50. The summed E-state index contributed by atoms with van der Waals surface area (Å²) >= 11 is 0. The highest BCUT2D eigenvalue weighted by molar-refractivity contribution is 4.51. The van der Waals surface area contributed by atoms with E-state index in [9.17, 15) is 0 Å². The molecule has 12 N–H and O–H groups in total. The van der Waals surface area contributed by atoms with E-state index in [2.05, 4.69) is 13.2 Å². The first-order valence-electron chi connectivity index (χ1n) is 3.50. The van der Waals surface area contributed by atoms with Gasteiger partial charge in [-0.15, -0.1) is 13.2 Å². The molecular formula is C8H28N4. The topological polar surface area (TPSA) is 140 Å². The fraction of sp³-hybridized carbons (Fsp3) is 0.750. The van der Waals surface area contributed by atoms with Crippen molar-refractivity contribution in [3.8, 4) is 0 Å². The lowest BCUT2D eigenvalue weighted by atomic mass is 10.0.